The molecule has 0 aliphatic rings. The summed E-state index contributed by atoms with van der Waals surface area (Å²) in [5, 5.41) is 8.47. The first-order chi connectivity index (χ1) is 7.18. The zero-order valence-electron chi connectivity index (χ0n) is 8.47. The average Bonchev–Trinajstić information content (AvgIpc) is 2.74. The van der Waals surface area contributed by atoms with Gasteiger partial charge in [-0.25, -0.2) is 4.98 Å². The second-order valence-corrected chi connectivity index (χ2v) is 3.99. The second-order valence-electron chi connectivity index (χ2n) is 3.04. The van der Waals surface area contributed by atoms with E-state index in [1.165, 1.54) is 18.2 Å². The normalized spacial score (nSPS) is 10.8. The van der Waals surface area contributed by atoms with Crippen LogP contribution in [-0.4, -0.2) is 19.7 Å². The van der Waals surface area contributed by atoms with Crippen LogP contribution in [0.1, 0.15) is 11.5 Å². The van der Waals surface area contributed by atoms with Crippen molar-refractivity contribution in [3.8, 4) is 0 Å². The molecule has 0 aliphatic heterocycles. The second kappa shape index (κ2) is 3.93. The number of hydrogen-bond acceptors (Lipinski definition) is 6. The number of thioether (sulfide) groups is 1. The van der Waals surface area contributed by atoms with Crippen molar-refractivity contribution in [2.24, 2.45) is 7.05 Å². The van der Waals surface area contributed by atoms with E-state index in [4.69, 9.17) is 10.2 Å². The zero-order chi connectivity index (χ0) is 10.8. The quantitative estimate of drug-likeness (QED) is 0.784. The Balaban J connectivity index is 2.05. The van der Waals surface area contributed by atoms with Crippen molar-refractivity contribution in [1.82, 2.24) is 19.7 Å². The summed E-state index contributed by atoms with van der Waals surface area (Å²) in [6.45, 7) is 1.88. The molecule has 0 saturated carbocycles. The van der Waals surface area contributed by atoms with Crippen LogP contribution in [0.5, 0.6) is 0 Å². The third-order valence-corrected chi connectivity index (χ3v) is 3.08. The van der Waals surface area contributed by atoms with Crippen molar-refractivity contribution in [2.75, 3.05) is 5.73 Å². The third-order valence-electron chi connectivity index (χ3n) is 2.05. The molecule has 0 fully saturated rings. The SMILES string of the molecule is Cc1ocnc1CSc1nnc(N)n1C. The topological polar surface area (TPSA) is 82.8 Å². The minimum Gasteiger partial charge on any atom is -0.448 e. The van der Waals surface area contributed by atoms with Gasteiger partial charge in [-0.3, -0.25) is 4.57 Å². The summed E-state index contributed by atoms with van der Waals surface area (Å²) >= 11 is 1.53. The highest BCUT2D eigenvalue weighted by atomic mass is 32.2. The van der Waals surface area contributed by atoms with Crippen LogP contribution < -0.4 is 5.73 Å². The summed E-state index contributed by atoms with van der Waals surface area (Å²) < 4.78 is 6.83. The number of oxazole rings is 1. The van der Waals surface area contributed by atoms with Gasteiger partial charge < -0.3 is 10.2 Å². The zero-order valence-corrected chi connectivity index (χ0v) is 9.28. The standard InChI is InChI=1S/C8H11N5OS/c1-5-6(10-4-14-5)3-15-8-12-11-7(9)13(8)2/h4H,3H2,1-2H3,(H2,9,11). The Labute approximate surface area is 90.9 Å². The van der Waals surface area contributed by atoms with E-state index < -0.39 is 0 Å². The Hall–Kier alpha value is -1.50. The molecule has 2 N–H and O–H groups in total. The summed E-state index contributed by atoms with van der Waals surface area (Å²) in [5.74, 6) is 1.95. The number of nitrogens with zero attached hydrogens (tertiary/aromatic N) is 4. The molecule has 0 spiro atoms. The van der Waals surface area contributed by atoms with Crippen molar-refractivity contribution >= 4 is 17.7 Å². The molecular formula is C8H11N5OS. The molecule has 0 amide bonds. The van der Waals surface area contributed by atoms with Crippen LogP contribution in [0.15, 0.2) is 16.0 Å². The highest BCUT2D eigenvalue weighted by Crippen LogP contribution is 2.22. The van der Waals surface area contributed by atoms with E-state index in [0.29, 0.717) is 11.7 Å². The van der Waals surface area contributed by atoms with E-state index in [1.807, 2.05) is 14.0 Å². The van der Waals surface area contributed by atoms with Crippen LogP contribution >= 0.6 is 11.8 Å². The maximum Gasteiger partial charge on any atom is 0.222 e. The van der Waals surface area contributed by atoms with Gasteiger partial charge in [-0.05, 0) is 6.92 Å². The van der Waals surface area contributed by atoms with Gasteiger partial charge >= 0.3 is 0 Å². The van der Waals surface area contributed by atoms with Crippen LogP contribution in [0.4, 0.5) is 5.95 Å². The lowest BCUT2D eigenvalue weighted by atomic mass is 10.4. The first kappa shape index (κ1) is 10.0. The minimum atomic E-state index is 0.411. The molecule has 0 aliphatic carbocycles. The molecule has 2 aromatic rings. The van der Waals surface area contributed by atoms with Crippen molar-refractivity contribution in [1.29, 1.82) is 0 Å². The number of nitrogens with two attached hydrogens (primary N) is 1. The number of aryl methyl sites for hydroxylation is 1. The lowest BCUT2D eigenvalue weighted by Gasteiger charge is -1.99. The van der Waals surface area contributed by atoms with Crippen molar-refractivity contribution in [3.05, 3.63) is 17.8 Å². The van der Waals surface area contributed by atoms with Gasteiger partial charge in [0.1, 0.15) is 5.76 Å². The molecule has 0 radical (unpaired) electrons. The van der Waals surface area contributed by atoms with Crippen molar-refractivity contribution < 1.29 is 4.42 Å². The lowest BCUT2D eigenvalue weighted by molar-refractivity contribution is 0.525. The van der Waals surface area contributed by atoms with Crippen LogP contribution in [0, 0.1) is 6.92 Å². The smallest absolute Gasteiger partial charge is 0.222 e. The first-order valence-corrected chi connectivity index (χ1v) is 5.33. The van der Waals surface area contributed by atoms with Crippen LogP contribution in [0.2, 0.25) is 0 Å². The molecule has 0 bridgehead atoms. The van der Waals surface area contributed by atoms with Crippen molar-refractivity contribution in [2.45, 2.75) is 17.8 Å². The fourth-order valence-electron chi connectivity index (χ4n) is 1.05. The van der Waals surface area contributed by atoms with Gasteiger partial charge in [0, 0.05) is 12.8 Å². The first-order valence-electron chi connectivity index (χ1n) is 4.35. The Bertz CT molecular complexity index is 463. The van der Waals surface area contributed by atoms with Crippen LogP contribution in [0.3, 0.4) is 0 Å². The summed E-state index contributed by atoms with van der Waals surface area (Å²) in [6.07, 6.45) is 1.44. The van der Waals surface area contributed by atoms with Gasteiger partial charge in [0.05, 0.1) is 5.69 Å². The summed E-state index contributed by atoms with van der Waals surface area (Å²) in [6, 6.07) is 0. The monoisotopic (exact) mass is 225 g/mol. The Kier molecular flexibility index (Phi) is 2.63. The Morgan fingerprint density at radius 3 is 2.87 bits per heavy atom. The van der Waals surface area contributed by atoms with E-state index in [-0.39, 0.29) is 0 Å². The molecule has 2 rings (SSSR count). The number of anilines is 1. The lowest BCUT2D eigenvalue weighted by Crippen LogP contribution is -1.98. The highest BCUT2D eigenvalue weighted by Gasteiger charge is 2.09. The fraction of sp³-hybridized carbons (Fsp3) is 0.375. The molecule has 6 nitrogen and oxygen atoms in total. The third kappa shape index (κ3) is 1.96. The number of nitrogen functional groups attached to an aromatic ring is 1. The maximum absolute atomic E-state index is 5.56. The molecular weight excluding hydrogens is 214 g/mol. The van der Waals surface area contributed by atoms with Gasteiger partial charge in [0.2, 0.25) is 5.95 Å². The summed E-state index contributed by atoms with van der Waals surface area (Å²) in [5.41, 5.74) is 6.48. The van der Waals surface area contributed by atoms with Gasteiger partial charge in [-0.1, -0.05) is 11.8 Å². The molecule has 0 aromatic carbocycles. The number of aromatic nitrogens is 4. The fourth-order valence-corrected chi connectivity index (χ4v) is 1.98. The number of hydrogen-bond donors (Lipinski definition) is 1. The molecule has 15 heavy (non-hydrogen) atoms. The van der Waals surface area contributed by atoms with E-state index in [0.717, 1.165) is 16.6 Å². The van der Waals surface area contributed by atoms with E-state index >= 15 is 0 Å². The summed E-state index contributed by atoms with van der Waals surface area (Å²) in [4.78, 5) is 4.09. The van der Waals surface area contributed by atoms with Gasteiger partial charge in [0.25, 0.3) is 0 Å². The molecule has 80 valence electrons. The molecule has 0 unspecified atom stereocenters. The molecule has 2 aromatic heterocycles. The largest absolute Gasteiger partial charge is 0.448 e. The van der Waals surface area contributed by atoms with Gasteiger partial charge in [-0.2, -0.15) is 0 Å². The Morgan fingerprint density at radius 2 is 2.33 bits per heavy atom. The highest BCUT2D eigenvalue weighted by molar-refractivity contribution is 7.98. The number of rotatable bonds is 3. The van der Waals surface area contributed by atoms with Gasteiger partial charge in [0.15, 0.2) is 11.6 Å². The van der Waals surface area contributed by atoms with E-state index in [2.05, 4.69) is 15.2 Å². The van der Waals surface area contributed by atoms with Crippen LogP contribution in [0.25, 0.3) is 0 Å². The predicted octanol–water partition coefficient (Wildman–Crippen LogP) is 0.986. The molecule has 0 saturated heterocycles. The predicted molar refractivity (Wildman–Crippen MR) is 56.2 cm³/mol. The Morgan fingerprint density at radius 1 is 1.53 bits per heavy atom. The maximum atomic E-state index is 5.56. The van der Waals surface area contributed by atoms with E-state index in [9.17, 15) is 0 Å². The average molecular weight is 225 g/mol. The molecule has 0 atom stereocenters. The van der Waals surface area contributed by atoms with Crippen LogP contribution in [-0.2, 0) is 12.8 Å². The summed E-state index contributed by atoms with van der Waals surface area (Å²) in [7, 11) is 1.83. The molecule has 2 heterocycles. The van der Waals surface area contributed by atoms with E-state index in [1.54, 1.807) is 4.57 Å². The minimum absolute atomic E-state index is 0.411. The molecule has 7 heteroatoms. The van der Waals surface area contributed by atoms with Gasteiger partial charge in [-0.15, -0.1) is 10.2 Å². The van der Waals surface area contributed by atoms with Crippen molar-refractivity contribution in [3.63, 3.8) is 0 Å².